The molecule has 1 aromatic heterocycles. The number of carbonyl (C=O) groups excluding carboxylic acids is 1. The first kappa shape index (κ1) is 17.5. The van der Waals surface area contributed by atoms with Crippen LogP contribution in [0, 0.1) is 0 Å². The van der Waals surface area contributed by atoms with E-state index in [0.29, 0.717) is 13.0 Å². The summed E-state index contributed by atoms with van der Waals surface area (Å²) in [7, 11) is 1.82. The predicted molar refractivity (Wildman–Crippen MR) is 93.9 cm³/mol. The lowest BCUT2D eigenvalue weighted by Gasteiger charge is -2.18. The van der Waals surface area contributed by atoms with Gasteiger partial charge in [0, 0.05) is 18.0 Å². The number of amides is 1. The number of hydrogen-bond donors (Lipinski definition) is 0. The maximum atomic E-state index is 12.5. The molecule has 1 heterocycles. The van der Waals surface area contributed by atoms with E-state index < -0.39 is 0 Å². The van der Waals surface area contributed by atoms with E-state index in [1.807, 2.05) is 50.5 Å². The third-order valence-corrected chi connectivity index (χ3v) is 4.45. The van der Waals surface area contributed by atoms with Gasteiger partial charge in [-0.3, -0.25) is 4.79 Å². The highest BCUT2D eigenvalue weighted by molar-refractivity contribution is 7.09. The number of hydrogen-bond acceptors (Lipinski definition) is 4. The molecule has 2 rings (SSSR count). The van der Waals surface area contributed by atoms with Crippen molar-refractivity contribution >= 4 is 17.2 Å². The summed E-state index contributed by atoms with van der Waals surface area (Å²) in [6, 6.07) is 7.72. The molecule has 0 radical (unpaired) electrons. The third-order valence-electron chi connectivity index (χ3n) is 3.40. The van der Waals surface area contributed by atoms with Gasteiger partial charge in [-0.1, -0.05) is 25.1 Å². The number of thiazole rings is 1. The molecule has 1 amide bonds. The smallest absolute Gasteiger partial charge is 0.227 e. The minimum atomic E-state index is 0.0656. The zero-order chi connectivity index (χ0) is 16.8. The Morgan fingerprint density at radius 2 is 2.09 bits per heavy atom. The number of carbonyl (C=O) groups is 1. The van der Waals surface area contributed by atoms with Crippen LogP contribution in [0.2, 0.25) is 0 Å². The molecule has 2 aromatic rings. The second kappa shape index (κ2) is 8.11. The second-order valence-corrected chi connectivity index (χ2v) is 6.73. The Labute approximate surface area is 142 Å². The molecular formula is C18H24N2O2S. The first-order chi connectivity index (χ1) is 11.0. The summed E-state index contributed by atoms with van der Waals surface area (Å²) < 4.78 is 5.78. The third kappa shape index (κ3) is 5.06. The highest BCUT2D eigenvalue weighted by Gasteiger charge is 2.15. The minimum Gasteiger partial charge on any atom is -0.491 e. The lowest BCUT2D eigenvalue weighted by atomic mass is 10.1. The Balaban J connectivity index is 2.00. The van der Waals surface area contributed by atoms with Gasteiger partial charge in [-0.15, -0.1) is 11.3 Å². The summed E-state index contributed by atoms with van der Waals surface area (Å²) in [6.07, 6.45) is 1.36. The first-order valence-corrected chi connectivity index (χ1v) is 8.79. The fourth-order valence-electron chi connectivity index (χ4n) is 2.23. The van der Waals surface area contributed by atoms with E-state index in [2.05, 4.69) is 11.9 Å². The summed E-state index contributed by atoms with van der Waals surface area (Å²) >= 11 is 1.65. The first-order valence-electron chi connectivity index (χ1n) is 7.91. The van der Waals surface area contributed by atoms with Crippen molar-refractivity contribution in [2.75, 3.05) is 7.05 Å². The Hall–Kier alpha value is -1.88. The summed E-state index contributed by atoms with van der Waals surface area (Å²) in [5.74, 6) is 0.849. The Kier molecular flexibility index (Phi) is 6.16. The molecule has 0 aliphatic rings. The van der Waals surface area contributed by atoms with E-state index in [1.54, 1.807) is 16.2 Å². The SMILES string of the molecule is CCc1nc(CN(C)C(=O)Cc2ccccc2OC(C)C)cs1. The summed E-state index contributed by atoms with van der Waals surface area (Å²) in [5.41, 5.74) is 1.87. The molecule has 0 bridgehead atoms. The Morgan fingerprint density at radius 3 is 2.74 bits per heavy atom. The highest BCUT2D eigenvalue weighted by atomic mass is 32.1. The van der Waals surface area contributed by atoms with Crippen molar-refractivity contribution in [2.24, 2.45) is 0 Å². The Morgan fingerprint density at radius 1 is 1.35 bits per heavy atom. The van der Waals surface area contributed by atoms with Crippen LogP contribution in [-0.2, 0) is 24.2 Å². The van der Waals surface area contributed by atoms with Crippen molar-refractivity contribution in [1.82, 2.24) is 9.88 Å². The molecule has 0 unspecified atom stereocenters. The zero-order valence-corrected chi connectivity index (χ0v) is 15.0. The molecule has 5 heteroatoms. The van der Waals surface area contributed by atoms with Crippen molar-refractivity contribution < 1.29 is 9.53 Å². The predicted octanol–water partition coefficient (Wildman–Crippen LogP) is 3.69. The minimum absolute atomic E-state index is 0.0656. The highest BCUT2D eigenvalue weighted by Crippen LogP contribution is 2.21. The number of benzene rings is 1. The van der Waals surface area contributed by atoms with Gasteiger partial charge < -0.3 is 9.64 Å². The van der Waals surface area contributed by atoms with E-state index in [9.17, 15) is 4.79 Å². The van der Waals surface area contributed by atoms with E-state index in [1.165, 1.54) is 0 Å². The van der Waals surface area contributed by atoms with Gasteiger partial charge in [-0.2, -0.15) is 0 Å². The van der Waals surface area contributed by atoms with Gasteiger partial charge in [-0.05, 0) is 26.3 Å². The topological polar surface area (TPSA) is 42.4 Å². The number of nitrogens with zero attached hydrogens (tertiary/aromatic N) is 2. The molecule has 1 aromatic carbocycles. The van der Waals surface area contributed by atoms with E-state index in [-0.39, 0.29) is 12.0 Å². The van der Waals surface area contributed by atoms with Crippen molar-refractivity contribution in [3.63, 3.8) is 0 Å². The van der Waals surface area contributed by atoms with Crippen LogP contribution in [0.25, 0.3) is 0 Å². The molecule has 0 spiro atoms. The van der Waals surface area contributed by atoms with Crippen molar-refractivity contribution in [3.05, 3.63) is 45.9 Å². The van der Waals surface area contributed by atoms with Crippen molar-refractivity contribution in [2.45, 2.75) is 46.3 Å². The molecular weight excluding hydrogens is 308 g/mol. The largest absolute Gasteiger partial charge is 0.491 e. The maximum absolute atomic E-state index is 12.5. The second-order valence-electron chi connectivity index (χ2n) is 5.79. The number of para-hydroxylation sites is 1. The van der Waals surface area contributed by atoms with Crippen LogP contribution in [0.1, 0.15) is 37.0 Å². The average molecular weight is 332 g/mol. The van der Waals surface area contributed by atoms with E-state index in [0.717, 1.165) is 28.4 Å². The average Bonchev–Trinajstić information content (AvgIpc) is 2.96. The molecule has 0 saturated carbocycles. The van der Waals surface area contributed by atoms with Crippen LogP contribution < -0.4 is 4.74 Å². The van der Waals surface area contributed by atoms with Crippen molar-refractivity contribution in [1.29, 1.82) is 0 Å². The van der Waals surface area contributed by atoms with E-state index >= 15 is 0 Å². The zero-order valence-electron chi connectivity index (χ0n) is 14.2. The van der Waals surface area contributed by atoms with E-state index in [4.69, 9.17) is 4.74 Å². The molecule has 0 aliphatic carbocycles. The molecule has 0 atom stereocenters. The lowest BCUT2D eigenvalue weighted by Crippen LogP contribution is -2.28. The fraction of sp³-hybridized carbons (Fsp3) is 0.444. The quantitative estimate of drug-likeness (QED) is 0.776. The monoisotopic (exact) mass is 332 g/mol. The van der Waals surface area contributed by atoms with Gasteiger partial charge in [0.1, 0.15) is 5.75 Å². The number of aryl methyl sites for hydroxylation is 1. The van der Waals surface area contributed by atoms with Gasteiger partial charge in [-0.25, -0.2) is 4.98 Å². The molecule has 0 fully saturated rings. The molecule has 0 N–H and O–H groups in total. The normalized spacial score (nSPS) is 10.8. The molecule has 23 heavy (non-hydrogen) atoms. The molecule has 124 valence electrons. The molecule has 0 aliphatic heterocycles. The van der Waals surface area contributed by atoms with Crippen LogP contribution in [-0.4, -0.2) is 28.9 Å². The number of aromatic nitrogens is 1. The van der Waals surface area contributed by atoms with Crippen LogP contribution in [0.3, 0.4) is 0 Å². The van der Waals surface area contributed by atoms with Gasteiger partial charge in [0.05, 0.1) is 29.8 Å². The number of ether oxygens (including phenoxy) is 1. The standard InChI is InChI=1S/C18H24N2O2S/c1-5-17-19-15(12-23-17)11-20(4)18(21)10-14-8-6-7-9-16(14)22-13(2)3/h6-9,12-13H,5,10-11H2,1-4H3. The maximum Gasteiger partial charge on any atom is 0.227 e. The van der Waals surface area contributed by atoms with Gasteiger partial charge in [0.2, 0.25) is 5.91 Å². The van der Waals surface area contributed by atoms with Crippen LogP contribution in [0.15, 0.2) is 29.6 Å². The fourth-order valence-corrected chi connectivity index (χ4v) is 2.97. The summed E-state index contributed by atoms with van der Waals surface area (Å²) in [6.45, 7) is 6.60. The van der Waals surface area contributed by atoms with Gasteiger partial charge in [0.15, 0.2) is 0 Å². The lowest BCUT2D eigenvalue weighted by molar-refractivity contribution is -0.129. The summed E-state index contributed by atoms with van der Waals surface area (Å²) in [4.78, 5) is 18.7. The van der Waals surface area contributed by atoms with Crippen LogP contribution in [0.5, 0.6) is 5.75 Å². The molecule has 0 saturated heterocycles. The number of rotatable bonds is 7. The van der Waals surface area contributed by atoms with Gasteiger partial charge in [0.25, 0.3) is 0 Å². The Bertz CT molecular complexity index is 652. The van der Waals surface area contributed by atoms with Crippen LogP contribution in [0.4, 0.5) is 0 Å². The van der Waals surface area contributed by atoms with Gasteiger partial charge >= 0.3 is 0 Å². The summed E-state index contributed by atoms with van der Waals surface area (Å²) in [5, 5.41) is 3.13. The number of likely N-dealkylation sites (N-methyl/N-ethyl adjacent to an activating group) is 1. The van der Waals surface area contributed by atoms with Crippen molar-refractivity contribution in [3.8, 4) is 5.75 Å². The van der Waals surface area contributed by atoms with Crippen LogP contribution >= 0.6 is 11.3 Å². The molecule has 4 nitrogen and oxygen atoms in total.